The molecule has 0 aliphatic carbocycles. The normalized spacial score (nSPS) is 10.6. The monoisotopic (exact) mass is 486 g/mol. The van der Waals surface area contributed by atoms with E-state index in [1.165, 1.54) is 0 Å². The number of rotatable bonds is 6. The first-order valence-corrected chi connectivity index (χ1v) is 10.9. The summed E-state index contributed by atoms with van der Waals surface area (Å²) in [5, 5.41) is 0. The van der Waals surface area contributed by atoms with E-state index in [-0.39, 0.29) is 4.83 Å². The van der Waals surface area contributed by atoms with Gasteiger partial charge in [0.15, 0.2) is 0 Å². The highest BCUT2D eigenvalue weighted by atomic mass is 79.9. The molecule has 0 N–H and O–H groups in total. The standard InChI is InChI=1S/C27H19BrO4/c28-25(19-11-15-23(16-12-19)31-26(29)21-7-3-1-4-8-21)20-13-17-24(18-14-20)32-27(30)22-9-5-2-6-10-22/h1-18,25H. The molecule has 0 aromatic heterocycles. The second-order valence-corrected chi connectivity index (χ2v) is 7.93. The molecule has 0 radical (unpaired) electrons. The molecule has 4 rings (SSSR count). The van der Waals surface area contributed by atoms with Gasteiger partial charge < -0.3 is 9.47 Å². The molecule has 5 heteroatoms. The lowest BCUT2D eigenvalue weighted by Gasteiger charge is -2.12. The molecule has 0 amide bonds. The fourth-order valence-corrected chi connectivity index (χ4v) is 3.69. The Morgan fingerprint density at radius 3 is 1.22 bits per heavy atom. The second-order valence-electron chi connectivity index (χ2n) is 7.01. The van der Waals surface area contributed by atoms with Gasteiger partial charge in [0.05, 0.1) is 16.0 Å². The van der Waals surface area contributed by atoms with Crippen LogP contribution in [0.2, 0.25) is 0 Å². The number of halogens is 1. The van der Waals surface area contributed by atoms with Crippen molar-refractivity contribution in [1.29, 1.82) is 0 Å². The first-order chi connectivity index (χ1) is 15.6. The third kappa shape index (κ3) is 5.31. The number of esters is 2. The third-order valence-electron chi connectivity index (χ3n) is 4.79. The summed E-state index contributed by atoms with van der Waals surface area (Å²) in [6.45, 7) is 0. The van der Waals surface area contributed by atoms with Gasteiger partial charge in [-0.1, -0.05) is 76.6 Å². The Morgan fingerprint density at radius 2 is 0.875 bits per heavy atom. The highest BCUT2D eigenvalue weighted by Crippen LogP contribution is 2.32. The van der Waals surface area contributed by atoms with E-state index < -0.39 is 11.9 Å². The van der Waals surface area contributed by atoms with E-state index in [0.717, 1.165) is 11.1 Å². The van der Waals surface area contributed by atoms with Gasteiger partial charge in [-0.25, -0.2) is 9.59 Å². The van der Waals surface area contributed by atoms with Crippen molar-refractivity contribution in [2.75, 3.05) is 0 Å². The minimum atomic E-state index is -0.394. The summed E-state index contributed by atoms with van der Waals surface area (Å²) in [7, 11) is 0. The van der Waals surface area contributed by atoms with Crippen LogP contribution < -0.4 is 9.47 Å². The number of alkyl halides is 1. The molecule has 0 spiro atoms. The van der Waals surface area contributed by atoms with Crippen molar-refractivity contribution in [3.05, 3.63) is 131 Å². The lowest BCUT2D eigenvalue weighted by Crippen LogP contribution is -2.08. The minimum absolute atomic E-state index is 0.0692. The Morgan fingerprint density at radius 1 is 0.531 bits per heavy atom. The molecule has 0 atom stereocenters. The van der Waals surface area contributed by atoms with Crippen LogP contribution in [0, 0.1) is 0 Å². The Balaban J connectivity index is 1.39. The number of carbonyl (C=O) groups is 2. The van der Waals surface area contributed by atoms with E-state index in [0.29, 0.717) is 22.6 Å². The molecule has 4 aromatic carbocycles. The Kier molecular flexibility index (Phi) is 6.78. The van der Waals surface area contributed by atoms with Crippen molar-refractivity contribution in [2.24, 2.45) is 0 Å². The minimum Gasteiger partial charge on any atom is -0.423 e. The third-order valence-corrected chi connectivity index (χ3v) is 5.84. The quantitative estimate of drug-likeness (QED) is 0.175. The maximum absolute atomic E-state index is 12.2. The van der Waals surface area contributed by atoms with E-state index in [1.54, 1.807) is 72.8 Å². The van der Waals surface area contributed by atoms with Gasteiger partial charge in [0.1, 0.15) is 11.5 Å². The van der Waals surface area contributed by atoms with Crippen molar-refractivity contribution >= 4 is 27.9 Å². The second kappa shape index (κ2) is 10.1. The molecular weight excluding hydrogens is 468 g/mol. The van der Waals surface area contributed by atoms with Gasteiger partial charge in [0.2, 0.25) is 0 Å². The average molecular weight is 487 g/mol. The van der Waals surface area contributed by atoms with Crippen molar-refractivity contribution in [3.63, 3.8) is 0 Å². The van der Waals surface area contributed by atoms with E-state index in [2.05, 4.69) is 15.9 Å². The average Bonchev–Trinajstić information content (AvgIpc) is 2.85. The Bertz CT molecular complexity index is 1090. The first kappa shape index (κ1) is 21.5. The van der Waals surface area contributed by atoms with Gasteiger partial charge in [0, 0.05) is 0 Å². The Labute approximate surface area is 194 Å². The summed E-state index contributed by atoms with van der Waals surface area (Å²) < 4.78 is 10.9. The first-order valence-electron chi connectivity index (χ1n) is 9.98. The number of benzene rings is 4. The molecule has 0 saturated heterocycles. The fraction of sp³-hybridized carbons (Fsp3) is 0.0370. The predicted octanol–water partition coefficient (Wildman–Crippen LogP) is 6.61. The molecule has 0 saturated carbocycles. The maximum atomic E-state index is 12.2. The van der Waals surface area contributed by atoms with E-state index in [4.69, 9.17) is 9.47 Å². The molecule has 0 bridgehead atoms. The highest BCUT2D eigenvalue weighted by molar-refractivity contribution is 9.09. The van der Waals surface area contributed by atoms with Gasteiger partial charge in [-0.3, -0.25) is 0 Å². The molecule has 4 nitrogen and oxygen atoms in total. The van der Waals surface area contributed by atoms with E-state index in [1.807, 2.05) is 36.4 Å². The molecular formula is C27H19BrO4. The lowest BCUT2D eigenvalue weighted by atomic mass is 10.0. The van der Waals surface area contributed by atoms with E-state index in [9.17, 15) is 9.59 Å². The van der Waals surface area contributed by atoms with Crippen LogP contribution in [0.25, 0.3) is 0 Å². The summed E-state index contributed by atoms with van der Waals surface area (Å²) in [5.41, 5.74) is 3.00. The zero-order valence-electron chi connectivity index (χ0n) is 17.0. The molecule has 32 heavy (non-hydrogen) atoms. The van der Waals surface area contributed by atoms with Crippen LogP contribution in [0.1, 0.15) is 36.7 Å². The van der Waals surface area contributed by atoms with Gasteiger partial charge in [-0.2, -0.15) is 0 Å². The highest BCUT2D eigenvalue weighted by Gasteiger charge is 2.13. The van der Waals surface area contributed by atoms with Gasteiger partial charge >= 0.3 is 11.9 Å². The predicted molar refractivity (Wildman–Crippen MR) is 126 cm³/mol. The summed E-state index contributed by atoms with van der Waals surface area (Å²) in [4.78, 5) is 24.3. The summed E-state index contributed by atoms with van der Waals surface area (Å²) >= 11 is 3.70. The number of hydrogen-bond donors (Lipinski definition) is 0. The van der Waals surface area contributed by atoms with Crippen LogP contribution in [0.15, 0.2) is 109 Å². The van der Waals surface area contributed by atoms with Crippen LogP contribution >= 0.6 is 15.9 Å². The molecule has 0 aliphatic heterocycles. The number of ether oxygens (including phenoxy) is 2. The molecule has 4 aromatic rings. The molecule has 0 fully saturated rings. The summed E-state index contributed by atoms with van der Waals surface area (Å²) in [6.07, 6.45) is 0. The fourth-order valence-electron chi connectivity index (χ4n) is 3.08. The van der Waals surface area contributed by atoms with Crippen molar-refractivity contribution < 1.29 is 19.1 Å². The number of hydrogen-bond acceptors (Lipinski definition) is 4. The molecule has 0 unspecified atom stereocenters. The van der Waals surface area contributed by atoms with Crippen LogP contribution in [-0.2, 0) is 0 Å². The molecule has 158 valence electrons. The van der Waals surface area contributed by atoms with Crippen molar-refractivity contribution in [2.45, 2.75) is 4.83 Å². The van der Waals surface area contributed by atoms with Gasteiger partial charge in [0.25, 0.3) is 0 Å². The molecule has 0 heterocycles. The summed E-state index contributed by atoms with van der Waals surface area (Å²) in [6, 6.07) is 32.4. The van der Waals surface area contributed by atoms with Crippen LogP contribution in [0.3, 0.4) is 0 Å². The van der Waals surface area contributed by atoms with Crippen molar-refractivity contribution in [1.82, 2.24) is 0 Å². The molecule has 0 aliphatic rings. The van der Waals surface area contributed by atoms with Gasteiger partial charge in [-0.15, -0.1) is 0 Å². The smallest absolute Gasteiger partial charge is 0.343 e. The van der Waals surface area contributed by atoms with Gasteiger partial charge in [-0.05, 0) is 59.7 Å². The van der Waals surface area contributed by atoms with E-state index >= 15 is 0 Å². The summed E-state index contributed by atoms with van der Waals surface area (Å²) in [5.74, 6) is 0.166. The largest absolute Gasteiger partial charge is 0.423 e. The Hall–Kier alpha value is -3.70. The number of carbonyl (C=O) groups excluding carboxylic acids is 2. The van der Waals surface area contributed by atoms with Crippen LogP contribution in [-0.4, -0.2) is 11.9 Å². The SMILES string of the molecule is O=C(Oc1ccc(C(Br)c2ccc(OC(=O)c3ccccc3)cc2)cc1)c1ccccc1. The topological polar surface area (TPSA) is 52.6 Å². The lowest BCUT2D eigenvalue weighted by molar-refractivity contribution is 0.0725. The maximum Gasteiger partial charge on any atom is 0.343 e. The van der Waals surface area contributed by atoms with Crippen molar-refractivity contribution in [3.8, 4) is 11.5 Å². The zero-order valence-corrected chi connectivity index (χ0v) is 18.6. The van der Waals surface area contributed by atoms with Crippen LogP contribution in [0.5, 0.6) is 11.5 Å². The van der Waals surface area contributed by atoms with Crippen LogP contribution in [0.4, 0.5) is 0 Å². The zero-order chi connectivity index (χ0) is 22.3.